The number of benzene rings is 1. The molecule has 2 aliphatic rings. The molecule has 1 aliphatic carbocycles. The number of hydrogen-bond donors (Lipinski definition) is 1. The fourth-order valence-electron chi connectivity index (χ4n) is 2.50. The summed E-state index contributed by atoms with van der Waals surface area (Å²) >= 11 is 11.8. The molecule has 6 nitrogen and oxygen atoms in total. The summed E-state index contributed by atoms with van der Waals surface area (Å²) in [6.07, 6.45) is 1.50. The monoisotopic (exact) mass is 377 g/mol. The third kappa shape index (κ3) is 3.74. The van der Waals surface area contributed by atoms with Crippen molar-refractivity contribution in [2.75, 3.05) is 31.5 Å². The van der Waals surface area contributed by atoms with Crippen molar-refractivity contribution in [1.82, 2.24) is 9.21 Å². The van der Waals surface area contributed by atoms with Crippen LogP contribution in [-0.2, 0) is 10.0 Å². The quantitative estimate of drug-likeness (QED) is 0.879. The fraction of sp³-hybridized carbons (Fsp3) is 0.500. The van der Waals surface area contributed by atoms with Crippen LogP contribution in [0, 0.1) is 0 Å². The van der Waals surface area contributed by atoms with Gasteiger partial charge >= 0.3 is 6.03 Å². The highest BCUT2D eigenvalue weighted by molar-refractivity contribution is 7.90. The lowest BCUT2D eigenvalue weighted by molar-refractivity contribution is 0.184. The fourth-order valence-corrected chi connectivity index (χ4v) is 4.62. The molecule has 23 heavy (non-hydrogen) atoms. The molecule has 1 saturated carbocycles. The molecule has 0 radical (unpaired) electrons. The van der Waals surface area contributed by atoms with Crippen LogP contribution in [0.5, 0.6) is 0 Å². The van der Waals surface area contributed by atoms with E-state index < -0.39 is 10.0 Å². The Morgan fingerprint density at radius 2 is 1.74 bits per heavy atom. The Kier molecular flexibility index (Phi) is 4.73. The van der Waals surface area contributed by atoms with Crippen LogP contribution in [0.2, 0.25) is 10.0 Å². The molecule has 0 spiro atoms. The van der Waals surface area contributed by atoms with Gasteiger partial charge in [0.25, 0.3) is 0 Å². The summed E-state index contributed by atoms with van der Waals surface area (Å²) in [6, 6.07) is 4.58. The average Bonchev–Trinajstić information content (AvgIpc) is 3.36. The van der Waals surface area contributed by atoms with Crippen molar-refractivity contribution in [3.63, 3.8) is 0 Å². The van der Waals surface area contributed by atoms with Crippen molar-refractivity contribution >= 4 is 44.9 Å². The summed E-state index contributed by atoms with van der Waals surface area (Å²) in [5.41, 5.74) is 0.553. The van der Waals surface area contributed by atoms with E-state index in [0.717, 1.165) is 12.8 Å². The zero-order valence-corrected chi connectivity index (χ0v) is 14.7. The predicted octanol–water partition coefficient (Wildman–Crippen LogP) is 2.64. The largest absolute Gasteiger partial charge is 0.322 e. The Bertz CT molecular complexity index is 714. The van der Waals surface area contributed by atoms with Crippen LogP contribution in [0.1, 0.15) is 12.8 Å². The minimum atomic E-state index is -3.16. The standard InChI is InChI=1S/C14H17Cl2N3O3S/c15-12-4-1-10(9-13(12)16)17-14(20)18-5-7-19(8-6-18)23(21,22)11-2-3-11/h1,4,9,11H,2-3,5-8H2,(H,17,20). The number of halogens is 2. The van der Waals surface area contributed by atoms with Crippen molar-refractivity contribution in [2.24, 2.45) is 0 Å². The van der Waals surface area contributed by atoms with E-state index in [0.29, 0.717) is 41.9 Å². The van der Waals surface area contributed by atoms with Gasteiger partial charge in [0, 0.05) is 31.9 Å². The van der Waals surface area contributed by atoms with E-state index in [9.17, 15) is 13.2 Å². The van der Waals surface area contributed by atoms with Crippen molar-refractivity contribution in [3.8, 4) is 0 Å². The maximum absolute atomic E-state index is 12.2. The summed E-state index contributed by atoms with van der Waals surface area (Å²) in [5, 5.41) is 3.32. The number of carbonyl (C=O) groups is 1. The summed E-state index contributed by atoms with van der Waals surface area (Å²) in [5.74, 6) is 0. The van der Waals surface area contributed by atoms with Gasteiger partial charge < -0.3 is 10.2 Å². The molecule has 1 N–H and O–H groups in total. The van der Waals surface area contributed by atoms with Crippen molar-refractivity contribution in [1.29, 1.82) is 0 Å². The minimum absolute atomic E-state index is 0.209. The van der Waals surface area contributed by atoms with Crippen LogP contribution in [-0.4, -0.2) is 55.1 Å². The molecule has 1 aromatic carbocycles. The van der Waals surface area contributed by atoms with Gasteiger partial charge in [-0.2, -0.15) is 4.31 Å². The number of anilines is 1. The molecule has 1 aromatic rings. The second kappa shape index (κ2) is 6.47. The van der Waals surface area contributed by atoms with Gasteiger partial charge in [-0.3, -0.25) is 0 Å². The van der Waals surface area contributed by atoms with Gasteiger partial charge in [-0.15, -0.1) is 0 Å². The Balaban J connectivity index is 1.56. The average molecular weight is 378 g/mol. The van der Waals surface area contributed by atoms with Gasteiger partial charge in [0.2, 0.25) is 10.0 Å². The third-order valence-corrected chi connectivity index (χ3v) is 7.14. The minimum Gasteiger partial charge on any atom is -0.322 e. The molecular formula is C14H17Cl2N3O3S. The summed E-state index contributed by atoms with van der Waals surface area (Å²) in [6.45, 7) is 1.43. The highest BCUT2D eigenvalue weighted by Crippen LogP contribution is 2.31. The van der Waals surface area contributed by atoms with E-state index in [-0.39, 0.29) is 11.3 Å². The lowest BCUT2D eigenvalue weighted by atomic mass is 10.3. The van der Waals surface area contributed by atoms with E-state index in [2.05, 4.69) is 5.32 Å². The smallest absolute Gasteiger partial charge is 0.321 e. The molecule has 0 unspecified atom stereocenters. The number of urea groups is 1. The highest BCUT2D eigenvalue weighted by Gasteiger charge is 2.41. The number of nitrogens with zero attached hydrogens (tertiary/aromatic N) is 2. The van der Waals surface area contributed by atoms with Gasteiger partial charge in [-0.05, 0) is 31.0 Å². The zero-order chi connectivity index (χ0) is 16.6. The molecule has 1 saturated heterocycles. The number of sulfonamides is 1. The lowest BCUT2D eigenvalue weighted by Gasteiger charge is -2.34. The van der Waals surface area contributed by atoms with Crippen LogP contribution in [0.15, 0.2) is 18.2 Å². The predicted molar refractivity (Wildman–Crippen MR) is 90.6 cm³/mol. The lowest BCUT2D eigenvalue weighted by Crippen LogP contribution is -2.52. The van der Waals surface area contributed by atoms with E-state index in [4.69, 9.17) is 23.2 Å². The SMILES string of the molecule is O=C(Nc1ccc(Cl)c(Cl)c1)N1CCN(S(=O)(=O)C2CC2)CC1. The van der Waals surface area contributed by atoms with Gasteiger partial charge in [0.05, 0.1) is 15.3 Å². The number of rotatable bonds is 3. The summed E-state index contributed by atoms with van der Waals surface area (Å²) in [4.78, 5) is 13.8. The molecule has 0 atom stereocenters. The molecule has 1 aliphatic heterocycles. The van der Waals surface area contributed by atoms with Crippen LogP contribution in [0.25, 0.3) is 0 Å². The number of nitrogens with one attached hydrogen (secondary N) is 1. The van der Waals surface area contributed by atoms with E-state index in [1.54, 1.807) is 23.1 Å². The Labute approximate surface area is 145 Å². The van der Waals surface area contributed by atoms with Gasteiger partial charge in [-0.25, -0.2) is 13.2 Å². The molecule has 0 aromatic heterocycles. The molecule has 3 rings (SSSR count). The number of carbonyl (C=O) groups excluding carboxylic acids is 1. The second-order valence-corrected chi connectivity index (χ2v) is 8.72. The first-order valence-corrected chi connectivity index (χ1v) is 9.64. The van der Waals surface area contributed by atoms with Gasteiger partial charge in [0.15, 0.2) is 0 Å². The summed E-state index contributed by atoms with van der Waals surface area (Å²) in [7, 11) is -3.16. The normalized spacial score (nSPS) is 19.7. The third-order valence-electron chi connectivity index (χ3n) is 4.00. The molecule has 2 fully saturated rings. The van der Waals surface area contributed by atoms with E-state index in [1.165, 1.54) is 4.31 Å². The van der Waals surface area contributed by atoms with Crippen LogP contribution in [0.4, 0.5) is 10.5 Å². The van der Waals surface area contributed by atoms with Crippen molar-refractivity contribution in [2.45, 2.75) is 18.1 Å². The molecule has 1 heterocycles. The molecular weight excluding hydrogens is 361 g/mol. The maximum atomic E-state index is 12.2. The zero-order valence-electron chi connectivity index (χ0n) is 12.3. The van der Waals surface area contributed by atoms with Crippen LogP contribution < -0.4 is 5.32 Å². The second-order valence-electron chi connectivity index (χ2n) is 5.69. The molecule has 2 amide bonds. The van der Waals surface area contributed by atoms with Crippen LogP contribution in [0.3, 0.4) is 0 Å². The number of piperazine rings is 1. The van der Waals surface area contributed by atoms with Crippen LogP contribution >= 0.6 is 23.2 Å². The van der Waals surface area contributed by atoms with Gasteiger partial charge in [0.1, 0.15) is 0 Å². The Morgan fingerprint density at radius 1 is 1.09 bits per heavy atom. The van der Waals surface area contributed by atoms with E-state index in [1.807, 2.05) is 0 Å². The molecule has 126 valence electrons. The summed E-state index contributed by atoms with van der Waals surface area (Å²) < 4.78 is 25.8. The Morgan fingerprint density at radius 3 is 2.30 bits per heavy atom. The first kappa shape index (κ1) is 16.8. The first-order chi connectivity index (χ1) is 10.9. The topological polar surface area (TPSA) is 69.7 Å². The number of hydrogen-bond acceptors (Lipinski definition) is 3. The Hall–Kier alpha value is -1.02. The van der Waals surface area contributed by atoms with Crippen molar-refractivity contribution in [3.05, 3.63) is 28.2 Å². The van der Waals surface area contributed by atoms with E-state index >= 15 is 0 Å². The first-order valence-electron chi connectivity index (χ1n) is 7.38. The van der Waals surface area contributed by atoms with Gasteiger partial charge in [-0.1, -0.05) is 23.2 Å². The molecule has 0 bridgehead atoms. The number of amides is 2. The maximum Gasteiger partial charge on any atom is 0.321 e. The highest BCUT2D eigenvalue weighted by atomic mass is 35.5. The van der Waals surface area contributed by atoms with Crippen molar-refractivity contribution < 1.29 is 13.2 Å². The molecule has 9 heteroatoms.